The second-order valence-electron chi connectivity index (χ2n) is 6.50. The van der Waals surface area contributed by atoms with Crippen LogP contribution in [0.3, 0.4) is 0 Å². The van der Waals surface area contributed by atoms with Crippen molar-refractivity contribution in [3.63, 3.8) is 0 Å². The van der Waals surface area contributed by atoms with Crippen molar-refractivity contribution in [2.45, 2.75) is 43.6 Å². The molecule has 2 aliphatic heterocycles. The Balaban J connectivity index is 1.40. The smallest absolute Gasteiger partial charge is 0.187 e. The molecular weight excluding hydrogens is 336 g/mol. The topological polar surface area (TPSA) is 77.4 Å². The summed E-state index contributed by atoms with van der Waals surface area (Å²) in [6, 6.07) is 19.1. The Kier molecular flexibility index (Phi) is 5.31. The summed E-state index contributed by atoms with van der Waals surface area (Å²) < 4.78 is 23.1. The van der Waals surface area contributed by atoms with Crippen LogP contribution in [-0.2, 0) is 25.6 Å². The lowest BCUT2D eigenvalue weighted by atomic mass is 9.98. The molecule has 6 atom stereocenters. The van der Waals surface area contributed by atoms with Crippen LogP contribution in [0.1, 0.15) is 17.4 Å². The van der Waals surface area contributed by atoms with Gasteiger partial charge in [-0.05, 0) is 5.56 Å². The van der Waals surface area contributed by atoms with E-state index in [2.05, 4.69) is 0 Å². The lowest BCUT2D eigenvalue weighted by molar-refractivity contribution is -0.362. The average molecular weight is 358 g/mol. The van der Waals surface area contributed by atoms with Crippen molar-refractivity contribution in [2.24, 2.45) is 0 Å². The molecule has 0 aromatic heterocycles. The number of rotatable bonds is 4. The van der Waals surface area contributed by atoms with E-state index in [1.165, 1.54) is 0 Å². The summed E-state index contributed by atoms with van der Waals surface area (Å²) in [5.41, 5.74) is 1.82. The van der Waals surface area contributed by atoms with Gasteiger partial charge in [-0.1, -0.05) is 60.7 Å². The summed E-state index contributed by atoms with van der Waals surface area (Å²) in [4.78, 5) is 0. The molecule has 2 saturated heterocycles. The molecular formula is C20H22O6. The molecule has 2 aliphatic rings. The van der Waals surface area contributed by atoms with Crippen molar-refractivity contribution in [1.82, 2.24) is 0 Å². The minimum Gasteiger partial charge on any atom is -0.387 e. The molecule has 0 unspecified atom stereocenters. The first-order valence-electron chi connectivity index (χ1n) is 8.71. The van der Waals surface area contributed by atoms with Crippen LogP contribution >= 0.6 is 0 Å². The summed E-state index contributed by atoms with van der Waals surface area (Å²) in [5, 5.41) is 20.9. The highest BCUT2D eigenvalue weighted by molar-refractivity contribution is 5.17. The lowest BCUT2D eigenvalue weighted by Crippen LogP contribution is -2.62. The molecule has 0 bridgehead atoms. The quantitative estimate of drug-likeness (QED) is 0.867. The summed E-state index contributed by atoms with van der Waals surface area (Å²) in [5.74, 6) is 0. The third-order valence-electron chi connectivity index (χ3n) is 4.66. The Morgan fingerprint density at radius 1 is 0.885 bits per heavy atom. The standard InChI is InChI=1S/C20H22O6/c21-16-17(22)20(23-11-13-7-3-1-4-8-13)25-15-12-24-19(26-18(15)16)14-9-5-2-6-10-14/h1-10,15-22H,11-12H2/t15-,16-,17+,18-,19-,20+/m0/s1. The predicted molar refractivity (Wildman–Crippen MR) is 91.9 cm³/mol. The van der Waals surface area contributed by atoms with Crippen molar-refractivity contribution in [3.8, 4) is 0 Å². The fourth-order valence-electron chi connectivity index (χ4n) is 3.25. The van der Waals surface area contributed by atoms with Crippen molar-refractivity contribution in [2.75, 3.05) is 6.61 Å². The Bertz CT molecular complexity index is 692. The molecule has 6 heteroatoms. The first kappa shape index (κ1) is 17.6. The molecule has 138 valence electrons. The van der Waals surface area contributed by atoms with Crippen LogP contribution in [0.5, 0.6) is 0 Å². The van der Waals surface area contributed by atoms with Gasteiger partial charge in [-0.15, -0.1) is 0 Å². The monoisotopic (exact) mass is 358 g/mol. The average Bonchev–Trinajstić information content (AvgIpc) is 2.71. The third-order valence-corrected chi connectivity index (χ3v) is 4.66. The van der Waals surface area contributed by atoms with Crippen LogP contribution in [0.25, 0.3) is 0 Å². The van der Waals surface area contributed by atoms with Crippen molar-refractivity contribution in [1.29, 1.82) is 0 Å². The van der Waals surface area contributed by atoms with E-state index in [0.29, 0.717) is 0 Å². The lowest BCUT2D eigenvalue weighted by Gasteiger charge is -2.46. The van der Waals surface area contributed by atoms with Gasteiger partial charge in [0.05, 0.1) is 13.2 Å². The molecule has 0 saturated carbocycles. The minimum absolute atomic E-state index is 0.249. The van der Waals surface area contributed by atoms with Gasteiger partial charge < -0.3 is 29.2 Å². The molecule has 0 spiro atoms. The van der Waals surface area contributed by atoms with Gasteiger partial charge in [0.2, 0.25) is 0 Å². The van der Waals surface area contributed by atoms with E-state index >= 15 is 0 Å². The largest absolute Gasteiger partial charge is 0.387 e. The van der Waals surface area contributed by atoms with E-state index in [-0.39, 0.29) is 13.2 Å². The van der Waals surface area contributed by atoms with Gasteiger partial charge in [0.15, 0.2) is 12.6 Å². The van der Waals surface area contributed by atoms with Gasteiger partial charge in [0.1, 0.15) is 24.4 Å². The zero-order chi connectivity index (χ0) is 17.9. The SMILES string of the molecule is O[C@H]1[C@H](OCc2ccccc2)O[C@H]2CO[C@H](c3ccccc3)O[C@@H]2[C@H]1O. The maximum Gasteiger partial charge on any atom is 0.187 e. The molecule has 2 aromatic carbocycles. The highest BCUT2D eigenvalue weighted by atomic mass is 16.8. The van der Waals surface area contributed by atoms with Gasteiger partial charge >= 0.3 is 0 Å². The Hall–Kier alpha value is -1.80. The van der Waals surface area contributed by atoms with E-state index < -0.39 is 37.0 Å². The number of hydrogen-bond acceptors (Lipinski definition) is 6. The van der Waals surface area contributed by atoms with Gasteiger partial charge in [-0.25, -0.2) is 0 Å². The maximum atomic E-state index is 10.5. The van der Waals surface area contributed by atoms with E-state index in [0.717, 1.165) is 11.1 Å². The number of benzene rings is 2. The summed E-state index contributed by atoms with van der Waals surface area (Å²) in [6.45, 7) is 0.528. The molecule has 4 rings (SSSR count). The van der Waals surface area contributed by atoms with E-state index in [1.54, 1.807) is 0 Å². The highest BCUT2D eigenvalue weighted by Crippen LogP contribution is 2.34. The summed E-state index contributed by atoms with van der Waals surface area (Å²) in [7, 11) is 0. The van der Waals surface area contributed by atoms with Crippen molar-refractivity contribution < 1.29 is 29.2 Å². The number of aliphatic hydroxyl groups is 2. The molecule has 26 heavy (non-hydrogen) atoms. The molecule has 2 aromatic rings. The molecule has 0 radical (unpaired) electrons. The molecule has 0 amide bonds. The molecule has 0 aliphatic carbocycles. The first-order valence-corrected chi connectivity index (χ1v) is 8.71. The molecule has 6 nitrogen and oxygen atoms in total. The number of fused-ring (bicyclic) bond motifs is 1. The van der Waals surface area contributed by atoms with Crippen LogP contribution < -0.4 is 0 Å². The normalized spacial score (nSPS) is 34.2. The third kappa shape index (κ3) is 3.66. The zero-order valence-corrected chi connectivity index (χ0v) is 14.2. The Morgan fingerprint density at radius 2 is 1.58 bits per heavy atom. The van der Waals surface area contributed by atoms with Crippen LogP contribution in [0.15, 0.2) is 60.7 Å². The first-order chi connectivity index (χ1) is 12.7. The van der Waals surface area contributed by atoms with Gasteiger partial charge in [0, 0.05) is 5.56 Å². The fraction of sp³-hybridized carbons (Fsp3) is 0.400. The predicted octanol–water partition coefficient (Wildman–Crippen LogP) is 1.76. The van der Waals surface area contributed by atoms with E-state index in [9.17, 15) is 10.2 Å². The van der Waals surface area contributed by atoms with Crippen LogP contribution in [0.2, 0.25) is 0 Å². The molecule has 2 N–H and O–H groups in total. The van der Waals surface area contributed by atoms with Crippen LogP contribution in [0.4, 0.5) is 0 Å². The highest BCUT2D eigenvalue weighted by Gasteiger charge is 2.49. The fourth-order valence-corrected chi connectivity index (χ4v) is 3.25. The Labute approximate surface area is 151 Å². The number of hydrogen-bond donors (Lipinski definition) is 2. The summed E-state index contributed by atoms with van der Waals surface area (Å²) >= 11 is 0. The number of aliphatic hydroxyl groups excluding tert-OH is 2. The Morgan fingerprint density at radius 3 is 2.31 bits per heavy atom. The van der Waals surface area contributed by atoms with Gasteiger partial charge in [-0.3, -0.25) is 0 Å². The zero-order valence-electron chi connectivity index (χ0n) is 14.2. The van der Waals surface area contributed by atoms with Crippen molar-refractivity contribution >= 4 is 0 Å². The van der Waals surface area contributed by atoms with Gasteiger partial charge in [-0.2, -0.15) is 0 Å². The molecule has 2 fully saturated rings. The van der Waals surface area contributed by atoms with Crippen molar-refractivity contribution in [3.05, 3.63) is 71.8 Å². The van der Waals surface area contributed by atoms with E-state index in [1.807, 2.05) is 60.7 Å². The second-order valence-corrected chi connectivity index (χ2v) is 6.50. The van der Waals surface area contributed by atoms with Crippen LogP contribution in [-0.4, -0.2) is 47.5 Å². The molecule has 2 heterocycles. The van der Waals surface area contributed by atoms with Crippen LogP contribution in [0, 0.1) is 0 Å². The minimum atomic E-state index is -1.20. The van der Waals surface area contributed by atoms with E-state index in [4.69, 9.17) is 18.9 Å². The second kappa shape index (κ2) is 7.84. The van der Waals surface area contributed by atoms with Gasteiger partial charge in [0.25, 0.3) is 0 Å². The number of ether oxygens (including phenoxy) is 4. The summed E-state index contributed by atoms with van der Waals surface area (Å²) in [6.07, 6.45) is -5.04. The maximum absolute atomic E-state index is 10.5.